The predicted octanol–water partition coefficient (Wildman–Crippen LogP) is 4.54. The fraction of sp³-hybridized carbons (Fsp3) is 0.333. The van der Waals surface area contributed by atoms with Crippen molar-refractivity contribution < 1.29 is 18.6 Å². The lowest BCUT2D eigenvalue weighted by atomic mass is 10.2. The molecule has 0 N–H and O–H groups in total. The molecule has 178 valence electrons. The normalized spacial score (nSPS) is 11.1. The molecule has 0 fully saturated rings. The fourth-order valence-corrected chi connectivity index (χ4v) is 4.02. The summed E-state index contributed by atoms with van der Waals surface area (Å²) in [5, 5.41) is 8.69. The van der Waals surface area contributed by atoms with Gasteiger partial charge in [-0.15, -0.1) is 10.2 Å². The topological polar surface area (TPSA) is 101 Å². The first-order valence-electron chi connectivity index (χ1n) is 11.0. The van der Waals surface area contributed by atoms with Crippen molar-refractivity contribution in [1.82, 2.24) is 19.6 Å². The average molecular weight is 483 g/mol. The van der Waals surface area contributed by atoms with E-state index in [0.29, 0.717) is 70.8 Å². The number of ether oxygens (including phenoxy) is 3. The minimum Gasteiger partial charge on any atom is -0.490 e. The third-order valence-corrected chi connectivity index (χ3v) is 5.63. The van der Waals surface area contributed by atoms with Crippen molar-refractivity contribution >= 4 is 17.4 Å². The highest BCUT2D eigenvalue weighted by Crippen LogP contribution is 2.42. The van der Waals surface area contributed by atoms with Crippen LogP contribution < -0.4 is 19.8 Å². The number of benzene rings is 1. The second-order valence-corrected chi connectivity index (χ2v) is 8.21. The first kappa shape index (κ1) is 23.6. The van der Waals surface area contributed by atoms with Gasteiger partial charge in [0.1, 0.15) is 5.65 Å². The number of thioether (sulfide) groups is 1. The van der Waals surface area contributed by atoms with E-state index in [4.69, 9.17) is 18.6 Å². The molecular weight excluding hydrogens is 456 g/mol. The van der Waals surface area contributed by atoms with Gasteiger partial charge in [-0.3, -0.25) is 9.20 Å². The van der Waals surface area contributed by atoms with Gasteiger partial charge in [0.05, 0.1) is 25.5 Å². The van der Waals surface area contributed by atoms with Gasteiger partial charge >= 0.3 is 0 Å². The number of pyridine rings is 1. The zero-order valence-electron chi connectivity index (χ0n) is 19.5. The third kappa shape index (κ3) is 5.17. The summed E-state index contributed by atoms with van der Waals surface area (Å²) in [6.07, 6.45) is 1.73. The van der Waals surface area contributed by atoms with Gasteiger partial charge in [-0.2, -0.15) is 0 Å². The minimum absolute atomic E-state index is 0.131. The van der Waals surface area contributed by atoms with E-state index < -0.39 is 0 Å². The van der Waals surface area contributed by atoms with Crippen LogP contribution in [0.1, 0.15) is 32.0 Å². The molecule has 0 aliphatic heterocycles. The van der Waals surface area contributed by atoms with Gasteiger partial charge < -0.3 is 18.6 Å². The predicted molar refractivity (Wildman–Crippen MR) is 129 cm³/mol. The highest BCUT2D eigenvalue weighted by Gasteiger charge is 2.19. The number of hydrogen-bond donors (Lipinski definition) is 0. The molecule has 0 aliphatic rings. The smallest absolute Gasteiger partial charge is 0.277 e. The van der Waals surface area contributed by atoms with E-state index >= 15 is 0 Å². The lowest BCUT2D eigenvalue weighted by Crippen LogP contribution is -2.15. The largest absolute Gasteiger partial charge is 0.490 e. The lowest BCUT2D eigenvalue weighted by Gasteiger charge is -2.16. The van der Waals surface area contributed by atoms with Crippen molar-refractivity contribution in [1.29, 1.82) is 0 Å². The number of rotatable bonds is 10. The second kappa shape index (κ2) is 10.6. The zero-order chi connectivity index (χ0) is 24.1. The van der Waals surface area contributed by atoms with Gasteiger partial charge in [0, 0.05) is 23.6 Å². The van der Waals surface area contributed by atoms with Crippen LogP contribution in [-0.2, 0) is 5.75 Å². The third-order valence-electron chi connectivity index (χ3n) is 4.78. The van der Waals surface area contributed by atoms with Crippen LogP contribution in [0.4, 0.5) is 0 Å². The summed E-state index contributed by atoms with van der Waals surface area (Å²) in [4.78, 5) is 17.0. The Bertz CT molecular complexity index is 1320. The van der Waals surface area contributed by atoms with Gasteiger partial charge in [0.15, 0.2) is 11.5 Å². The molecule has 34 heavy (non-hydrogen) atoms. The van der Waals surface area contributed by atoms with Crippen LogP contribution in [0.15, 0.2) is 51.0 Å². The molecule has 0 atom stereocenters. The molecule has 3 aromatic heterocycles. The van der Waals surface area contributed by atoms with Gasteiger partial charge in [0.25, 0.3) is 10.8 Å². The maximum atomic E-state index is 12.4. The molecule has 0 amide bonds. The number of nitrogens with zero attached hydrogens (tertiary/aromatic N) is 4. The Morgan fingerprint density at radius 3 is 2.35 bits per heavy atom. The highest BCUT2D eigenvalue weighted by atomic mass is 32.2. The van der Waals surface area contributed by atoms with Gasteiger partial charge in [-0.05, 0) is 57.5 Å². The summed E-state index contributed by atoms with van der Waals surface area (Å²) in [7, 11) is 0. The molecule has 10 heteroatoms. The maximum absolute atomic E-state index is 12.4. The van der Waals surface area contributed by atoms with Crippen molar-refractivity contribution in [2.45, 2.75) is 38.7 Å². The van der Waals surface area contributed by atoms with E-state index in [1.54, 1.807) is 18.3 Å². The van der Waals surface area contributed by atoms with Gasteiger partial charge in [-0.1, -0.05) is 11.8 Å². The fourth-order valence-electron chi connectivity index (χ4n) is 3.36. The van der Waals surface area contributed by atoms with Crippen LogP contribution in [-0.4, -0.2) is 39.4 Å². The van der Waals surface area contributed by atoms with E-state index in [-0.39, 0.29) is 5.56 Å². The lowest BCUT2D eigenvalue weighted by molar-refractivity contribution is 0.261. The summed E-state index contributed by atoms with van der Waals surface area (Å²) in [6, 6.07) is 8.86. The molecular formula is C24H26N4O5S. The maximum Gasteiger partial charge on any atom is 0.277 e. The monoisotopic (exact) mass is 482 g/mol. The number of aryl methyl sites for hydroxylation is 1. The standard InChI is InChI=1S/C24H26N4O5S/c1-5-30-18-11-16(12-19(31-6-2)22(18)32-7-3)23-26-27-24(33-23)34-14-17-13-21(29)28-9-8-15(4)10-20(28)25-17/h8-13H,5-7,14H2,1-4H3. The summed E-state index contributed by atoms with van der Waals surface area (Å²) in [6.45, 7) is 9.09. The Labute approximate surface area is 201 Å². The number of fused-ring (bicyclic) bond motifs is 1. The molecule has 1 aromatic carbocycles. The molecule has 3 heterocycles. The number of hydrogen-bond acceptors (Lipinski definition) is 9. The van der Waals surface area contributed by atoms with Crippen molar-refractivity contribution in [2.24, 2.45) is 0 Å². The van der Waals surface area contributed by atoms with Crippen molar-refractivity contribution in [3.63, 3.8) is 0 Å². The minimum atomic E-state index is -0.131. The van der Waals surface area contributed by atoms with Crippen LogP contribution >= 0.6 is 11.8 Å². The van der Waals surface area contributed by atoms with E-state index in [0.717, 1.165) is 5.56 Å². The zero-order valence-corrected chi connectivity index (χ0v) is 20.3. The van der Waals surface area contributed by atoms with E-state index in [9.17, 15) is 4.79 Å². The van der Waals surface area contributed by atoms with E-state index in [1.807, 2.05) is 39.8 Å². The van der Waals surface area contributed by atoms with Crippen molar-refractivity contribution in [3.8, 4) is 28.7 Å². The van der Waals surface area contributed by atoms with Crippen LogP contribution in [0, 0.1) is 6.92 Å². The number of aromatic nitrogens is 4. The summed E-state index contributed by atoms with van der Waals surface area (Å²) in [5.74, 6) is 2.39. The Hall–Kier alpha value is -3.53. The molecule has 4 aromatic rings. The van der Waals surface area contributed by atoms with Gasteiger partial charge in [-0.25, -0.2) is 4.98 Å². The quantitative estimate of drug-likeness (QED) is 0.301. The summed E-state index contributed by atoms with van der Waals surface area (Å²) < 4.78 is 24.7. The molecule has 0 bridgehead atoms. The molecule has 0 saturated heterocycles. The van der Waals surface area contributed by atoms with Crippen LogP contribution in [0.3, 0.4) is 0 Å². The van der Waals surface area contributed by atoms with Crippen LogP contribution in [0.2, 0.25) is 0 Å². The Morgan fingerprint density at radius 2 is 1.68 bits per heavy atom. The van der Waals surface area contributed by atoms with E-state index in [2.05, 4.69) is 15.2 Å². The Morgan fingerprint density at radius 1 is 0.971 bits per heavy atom. The van der Waals surface area contributed by atoms with Crippen LogP contribution in [0.5, 0.6) is 17.2 Å². The molecule has 0 saturated carbocycles. The molecule has 4 rings (SSSR count). The second-order valence-electron chi connectivity index (χ2n) is 7.28. The van der Waals surface area contributed by atoms with Gasteiger partial charge in [0.2, 0.25) is 11.6 Å². The SMILES string of the molecule is CCOc1cc(-c2nnc(SCc3cc(=O)n4ccc(C)cc4n3)o2)cc(OCC)c1OCC. The summed E-state index contributed by atoms with van der Waals surface area (Å²) in [5.41, 5.74) is 2.81. The molecule has 0 unspecified atom stereocenters. The molecule has 9 nitrogen and oxygen atoms in total. The Kier molecular flexibility index (Phi) is 7.36. The van der Waals surface area contributed by atoms with Crippen molar-refractivity contribution in [2.75, 3.05) is 19.8 Å². The van der Waals surface area contributed by atoms with Crippen LogP contribution in [0.25, 0.3) is 17.1 Å². The average Bonchev–Trinajstić information content (AvgIpc) is 3.29. The first-order valence-corrected chi connectivity index (χ1v) is 12.0. The highest BCUT2D eigenvalue weighted by molar-refractivity contribution is 7.98. The molecule has 0 spiro atoms. The van der Waals surface area contributed by atoms with E-state index in [1.165, 1.54) is 22.2 Å². The Balaban J connectivity index is 1.57. The van der Waals surface area contributed by atoms with Crippen molar-refractivity contribution in [3.05, 3.63) is 58.1 Å². The molecule has 0 aliphatic carbocycles. The first-order chi connectivity index (χ1) is 16.5. The molecule has 0 radical (unpaired) electrons. The summed E-state index contributed by atoms with van der Waals surface area (Å²) >= 11 is 1.31.